The number of anilines is 1. The van der Waals surface area contributed by atoms with Crippen LogP contribution in [0.2, 0.25) is 0 Å². The zero-order valence-corrected chi connectivity index (χ0v) is 16.9. The summed E-state index contributed by atoms with van der Waals surface area (Å²) < 4.78 is 9.44. The van der Waals surface area contributed by atoms with Crippen molar-refractivity contribution >= 4 is 34.9 Å². The number of carbonyl (C=O) groups is 3. The molecule has 2 N–H and O–H groups in total. The number of benzene rings is 1. The van der Waals surface area contributed by atoms with Crippen molar-refractivity contribution in [3.63, 3.8) is 0 Å². The summed E-state index contributed by atoms with van der Waals surface area (Å²) in [5.74, 6) is -1.37. The van der Waals surface area contributed by atoms with Crippen LogP contribution in [0, 0.1) is 0 Å². The smallest absolute Gasteiger partial charge is 0.337 e. The van der Waals surface area contributed by atoms with Gasteiger partial charge in [0.1, 0.15) is 6.04 Å². The van der Waals surface area contributed by atoms with Crippen LogP contribution < -0.4 is 10.2 Å². The third-order valence-electron chi connectivity index (χ3n) is 4.98. The highest BCUT2D eigenvalue weighted by atomic mass is 32.1. The third-order valence-corrected chi connectivity index (χ3v) is 5.98. The summed E-state index contributed by atoms with van der Waals surface area (Å²) in [6.07, 6.45) is 0.963. The summed E-state index contributed by atoms with van der Waals surface area (Å²) in [6, 6.07) is 6.73. The highest BCUT2D eigenvalue weighted by Gasteiger charge is 2.29. The number of quaternary nitrogens is 1. The van der Waals surface area contributed by atoms with Gasteiger partial charge in [0.15, 0.2) is 6.54 Å². The number of fused-ring (bicyclic) bond motifs is 1. The average Bonchev–Trinajstić information content (AvgIpc) is 3.18. The van der Waals surface area contributed by atoms with Gasteiger partial charge in [-0.15, -0.1) is 11.3 Å². The van der Waals surface area contributed by atoms with Crippen LogP contribution in [0.4, 0.5) is 5.69 Å². The van der Waals surface area contributed by atoms with E-state index in [1.54, 1.807) is 11.3 Å². The topological polar surface area (TPSA) is 86.1 Å². The number of hydrogen-bond acceptors (Lipinski definition) is 6. The number of rotatable bonds is 5. The van der Waals surface area contributed by atoms with Crippen molar-refractivity contribution in [2.24, 2.45) is 0 Å². The van der Waals surface area contributed by atoms with E-state index in [0.717, 1.165) is 13.0 Å². The molecule has 8 heteroatoms. The van der Waals surface area contributed by atoms with Crippen LogP contribution in [-0.2, 0) is 20.7 Å². The summed E-state index contributed by atoms with van der Waals surface area (Å²) in [6.45, 7) is 3.31. The van der Waals surface area contributed by atoms with E-state index in [2.05, 4.69) is 23.7 Å². The van der Waals surface area contributed by atoms with Gasteiger partial charge in [0, 0.05) is 22.5 Å². The highest BCUT2D eigenvalue weighted by molar-refractivity contribution is 7.10. The monoisotopic (exact) mass is 403 g/mol. The van der Waals surface area contributed by atoms with E-state index in [-0.39, 0.29) is 23.1 Å². The molecule has 3 rings (SSSR count). The van der Waals surface area contributed by atoms with Gasteiger partial charge in [-0.3, -0.25) is 4.79 Å². The van der Waals surface area contributed by atoms with E-state index in [1.807, 2.05) is 0 Å². The predicted octanol–water partition coefficient (Wildman–Crippen LogP) is 1.46. The molecule has 0 aliphatic carbocycles. The van der Waals surface area contributed by atoms with Crippen LogP contribution in [0.3, 0.4) is 0 Å². The van der Waals surface area contributed by atoms with Crippen molar-refractivity contribution in [3.8, 4) is 0 Å². The number of amides is 1. The molecule has 2 heterocycles. The predicted molar refractivity (Wildman–Crippen MR) is 105 cm³/mol. The molecular weight excluding hydrogens is 380 g/mol. The van der Waals surface area contributed by atoms with E-state index in [4.69, 9.17) is 9.47 Å². The van der Waals surface area contributed by atoms with E-state index >= 15 is 0 Å². The van der Waals surface area contributed by atoms with Crippen molar-refractivity contribution in [1.29, 1.82) is 0 Å². The minimum atomic E-state index is -0.596. The molecule has 1 aromatic carbocycles. The van der Waals surface area contributed by atoms with Crippen molar-refractivity contribution in [2.45, 2.75) is 19.4 Å². The molecule has 7 nitrogen and oxygen atoms in total. The Labute approximate surface area is 167 Å². The maximum atomic E-state index is 12.6. The van der Waals surface area contributed by atoms with Gasteiger partial charge in [-0.1, -0.05) is 0 Å². The van der Waals surface area contributed by atoms with E-state index in [1.165, 1.54) is 47.8 Å². The first-order valence-corrected chi connectivity index (χ1v) is 9.83. The quantitative estimate of drug-likeness (QED) is 0.739. The zero-order chi connectivity index (χ0) is 20.3. The second kappa shape index (κ2) is 8.53. The fourth-order valence-electron chi connectivity index (χ4n) is 3.47. The standard InChI is InChI=1S/C20H22N2O5S/c1-12-16-5-7-28-17(16)4-6-22(12)11-18(23)21-15-9-13(19(24)26-2)8-14(10-15)20(25)27-3/h5,7-10,12H,4,6,11H2,1-3H3,(H,21,23)/p+1/t12-/m1/s1. The number of thiophene rings is 1. The first kappa shape index (κ1) is 20.0. The average molecular weight is 403 g/mol. The second-order valence-electron chi connectivity index (χ2n) is 6.69. The molecule has 0 saturated carbocycles. The lowest BCUT2D eigenvalue weighted by atomic mass is 10.0. The van der Waals surface area contributed by atoms with Gasteiger partial charge in [-0.25, -0.2) is 9.59 Å². The van der Waals surface area contributed by atoms with Crippen molar-refractivity contribution in [3.05, 3.63) is 51.2 Å². The Bertz CT molecular complexity index is 874. The summed E-state index contributed by atoms with van der Waals surface area (Å²) >= 11 is 1.76. The largest absolute Gasteiger partial charge is 0.465 e. The SMILES string of the molecule is COC(=O)c1cc(NC(=O)C[NH+]2CCc3sccc3[C@H]2C)cc(C(=O)OC)c1. The molecule has 0 spiro atoms. The van der Waals surface area contributed by atoms with Gasteiger partial charge in [0.2, 0.25) is 0 Å². The fraction of sp³-hybridized carbons (Fsp3) is 0.350. The molecule has 0 bridgehead atoms. The van der Waals surface area contributed by atoms with Gasteiger partial charge in [0.05, 0.1) is 31.9 Å². The van der Waals surface area contributed by atoms with Gasteiger partial charge in [-0.2, -0.15) is 0 Å². The number of nitrogens with one attached hydrogen (secondary N) is 2. The van der Waals surface area contributed by atoms with Crippen LogP contribution in [0.1, 0.15) is 44.1 Å². The van der Waals surface area contributed by atoms with Gasteiger partial charge >= 0.3 is 11.9 Å². The molecule has 2 aromatic rings. The van der Waals surface area contributed by atoms with Crippen molar-refractivity contribution < 1.29 is 28.8 Å². The minimum absolute atomic E-state index is 0.169. The molecule has 0 radical (unpaired) electrons. The van der Waals surface area contributed by atoms with E-state index in [0.29, 0.717) is 12.2 Å². The number of ether oxygens (including phenoxy) is 2. The Balaban J connectivity index is 1.74. The Morgan fingerprint density at radius 1 is 1.14 bits per heavy atom. The minimum Gasteiger partial charge on any atom is -0.465 e. The molecular formula is C20H23N2O5S+. The summed E-state index contributed by atoms with van der Waals surface area (Å²) in [4.78, 5) is 38.9. The molecule has 148 valence electrons. The normalized spacial score (nSPS) is 18.1. The molecule has 2 atom stereocenters. The first-order valence-electron chi connectivity index (χ1n) is 8.95. The zero-order valence-electron chi connectivity index (χ0n) is 16.0. The van der Waals surface area contributed by atoms with Crippen LogP contribution in [0.15, 0.2) is 29.6 Å². The lowest BCUT2D eigenvalue weighted by Crippen LogP contribution is -3.14. The van der Waals surface area contributed by atoms with E-state index in [9.17, 15) is 14.4 Å². The Hall–Kier alpha value is -2.71. The van der Waals surface area contributed by atoms with Crippen LogP contribution in [-0.4, -0.2) is 45.2 Å². The number of carbonyl (C=O) groups excluding carboxylic acids is 3. The maximum Gasteiger partial charge on any atom is 0.337 e. The van der Waals surface area contributed by atoms with E-state index < -0.39 is 11.9 Å². The van der Waals surface area contributed by atoms with Crippen LogP contribution >= 0.6 is 11.3 Å². The van der Waals surface area contributed by atoms with Gasteiger partial charge in [0.25, 0.3) is 5.91 Å². The first-order chi connectivity index (χ1) is 13.4. The maximum absolute atomic E-state index is 12.6. The van der Waals surface area contributed by atoms with Crippen molar-refractivity contribution in [2.75, 3.05) is 32.6 Å². The molecule has 28 heavy (non-hydrogen) atoms. The fourth-order valence-corrected chi connectivity index (χ4v) is 4.45. The van der Waals surface area contributed by atoms with Gasteiger partial charge in [-0.05, 0) is 36.6 Å². The van der Waals surface area contributed by atoms with Crippen LogP contribution in [0.5, 0.6) is 0 Å². The summed E-state index contributed by atoms with van der Waals surface area (Å²) in [5, 5.41) is 4.89. The molecule has 1 aliphatic heterocycles. The number of esters is 2. The third kappa shape index (κ3) is 4.23. The van der Waals surface area contributed by atoms with Crippen molar-refractivity contribution in [1.82, 2.24) is 0 Å². The highest BCUT2D eigenvalue weighted by Crippen LogP contribution is 2.24. The van der Waals surface area contributed by atoms with Gasteiger partial charge < -0.3 is 19.7 Å². The van der Waals surface area contributed by atoms with Crippen LogP contribution in [0.25, 0.3) is 0 Å². The lowest BCUT2D eigenvalue weighted by Gasteiger charge is -2.29. The summed E-state index contributed by atoms with van der Waals surface area (Å²) in [7, 11) is 2.51. The molecule has 0 fully saturated rings. The summed E-state index contributed by atoms with van der Waals surface area (Å²) in [5.41, 5.74) is 2.00. The Morgan fingerprint density at radius 3 is 2.39 bits per heavy atom. The Kier molecular flexibility index (Phi) is 6.11. The Morgan fingerprint density at radius 2 is 1.79 bits per heavy atom. The molecule has 1 aromatic heterocycles. The number of hydrogen-bond donors (Lipinski definition) is 2. The molecule has 1 amide bonds. The lowest BCUT2D eigenvalue weighted by molar-refractivity contribution is -0.923. The molecule has 1 aliphatic rings. The molecule has 0 saturated heterocycles. The second-order valence-corrected chi connectivity index (χ2v) is 7.69. The number of methoxy groups -OCH3 is 2. The molecule has 1 unspecified atom stereocenters.